The van der Waals surface area contributed by atoms with Gasteiger partial charge in [0, 0.05) is 33.1 Å². The molecule has 6 aromatic carbocycles. The van der Waals surface area contributed by atoms with Crippen molar-refractivity contribution in [3.05, 3.63) is 179 Å². The second kappa shape index (κ2) is 12.7. The molecule has 6 aliphatic rings. The van der Waals surface area contributed by atoms with Crippen molar-refractivity contribution in [2.24, 2.45) is 29.6 Å². The Morgan fingerprint density at radius 1 is 0.632 bits per heavy atom. The number of para-hydroxylation sites is 1. The van der Waals surface area contributed by atoms with Gasteiger partial charge >= 0.3 is 0 Å². The lowest BCUT2D eigenvalue weighted by molar-refractivity contribution is -0.0399. The van der Waals surface area contributed by atoms with Crippen LogP contribution in [0.25, 0.3) is 38.6 Å². The van der Waals surface area contributed by atoms with Gasteiger partial charge in [-0.15, -0.1) is 0 Å². The topological polar surface area (TPSA) is 16.4 Å². The summed E-state index contributed by atoms with van der Waals surface area (Å²) in [4.78, 5) is 2.55. The number of hydrogen-bond donors (Lipinski definition) is 0. The van der Waals surface area contributed by atoms with E-state index in [1.807, 2.05) is 0 Å². The predicted molar refractivity (Wildman–Crippen MR) is 236 cm³/mol. The summed E-state index contributed by atoms with van der Waals surface area (Å²) in [5, 5.41) is 2.31. The molecule has 57 heavy (non-hydrogen) atoms. The molecule has 1 atom stereocenters. The average molecular weight is 740 g/mol. The smallest absolute Gasteiger partial charge is 0.135 e. The lowest BCUT2D eigenvalue weighted by Crippen LogP contribution is -2.55. The van der Waals surface area contributed by atoms with Crippen LogP contribution in [0.3, 0.4) is 0 Å². The van der Waals surface area contributed by atoms with Gasteiger partial charge in [0.2, 0.25) is 0 Å². The third-order valence-electron chi connectivity index (χ3n) is 15.3. The molecule has 7 aromatic rings. The first-order chi connectivity index (χ1) is 28.0. The van der Waals surface area contributed by atoms with E-state index in [9.17, 15) is 0 Å². The number of fused-ring (bicyclic) bond motifs is 6. The maximum absolute atomic E-state index is 6.36. The Morgan fingerprint density at radius 2 is 1.32 bits per heavy atom. The molecule has 1 unspecified atom stereocenters. The quantitative estimate of drug-likeness (QED) is 0.169. The third-order valence-corrected chi connectivity index (χ3v) is 15.3. The second-order valence-corrected chi connectivity index (χ2v) is 18.2. The zero-order chi connectivity index (χ0) is 37.8. The minimum Gasteiger partial charge on any atom is -0.456 e. The molecule has 4 saturated carbocycles. The first-order valence-corrected chi connectivity index (χ1v) is 21.5. The Bertz CT molecular complexity index is 2770. The number of benzene rings is 6. The predicted octanol–water partition coefficient (Wildman–Crippen LogP) is 14.7. The van der Waals surface area contributed by atoms with Crippen LogP contribution >= 0.6 is 0 Å². The highest BCUT2D eigenvalue weighted by atomic mass is 16.3. The van der Waals surface area contributed by atoms with Crippen molar-refractivity contribution in [2.75, 3.05) is 4.90 Å². The van der Waals surface area contributed by atoms with Crippen molar-refractivity contribution in [1.29, 1.82) is 0 Å². The highest BCUT2D eigenvalue weighted by Gasteiger charge is 2.61. The molecule has 0 aliphatic heterocycles. The maximum atomic E-state index is 6.36. The largest absolute Gasteiger partial charge is 0.456 e. The van der Waals surface area contributed by atoms with Crippen LogP contribution in [0.4, 0.5) is 17.1 Å². The first kappa shape index (κ1) is 33.5. The number of rotatable bonds is 6. The average Bonchev–Trinajstić information content (AvgIpc) is 3.76. The molecule has 2 nitrogen and oxygen atoms in total. The van der Waals surface area contributed by atoms with Gasteiger partial charge in [-0.25, -0.2) is 0 Å². The zero-order valence-electron chi connectivity index (χ0n) is 33.0. The van der Waals surface area contributed by atoms with Crippen LogP contribution in [-0.2, 0) is 11.8 Å². The van der Waals surface area contributed by atoms with Crippen LogP contribution < -0.4 is 4.90 Å². The van der Waals surface area contributed by atoms with Crippen LogP contribution in [0.2, 0.25) is 0 Å². The summed E-state index contributed by atoms with van der Waals surface area (Å²) in [5.74, 6) is 3.86. The Hall–Kier alpha value is -5.60. The fraction of sp³-hybridized carbons (Fsp3) is 0.273. The number of hydrogen-bond acceptors (Lipinski definition) is 2. The normalized spacial score (nSPS) is 25.5. The highest BCUT2D eigenvalue weighted by molar-refractivity contribution is 6.07. The van der Waals surface area contributed by atoms with Crippen LogP contribution in [0.15, 0.2) is 156 Å². The number of allylic oxidation sites excluding steroid dienone is 4. The minimum absolute atomic E-state index is 0.113. The lowest BCUT2D eigenvalue weighted by atomic mass is 9.43. The van der Waals surface area contributed by atoms with Gasteiger partial charge in [-0.3, -0.25) is 0 Å². The summed E-state index contributed by atoms with van der Waals surface area (Å²) in [5.41, 5.74) is 18.6. The van der Waals surface area contributed by atoms with Crippen molar-refractivity contribution in [1.82, 2.24) is 0 Å². The molecule has 2 heteroatoms. The monoisotopic (exact) mass is 739 g/mol. The Labute approximate surface area is 336 Å². The molecule has 13 rings (SSSR count). The molecule has 4 fully saturated rings. The fourth-order valence-electron chi connectivity index (χ4n) is 12.8. The van der Waals surface area contributed by atoms with Gasteiger partial charge < -0.3 is 9.32 Å². The molecule has 0 saturated heterocycles. The van der Waals surface area contributed by atoms with Gasteiger partial charge in [-0.1, -0.05) is 116 Å². The van der Waals surface area contributed by atoms with E-state index >= 15 is 0 Å². The Balaban J connectivity index is 1.01. The lowest BCUT2D eigenvalue weighted by Gasteiger charge is -2.61. The van der Waals surface area contributed by atoms with E-state index in [4.69, 9.17) is 4.42 Å². The van der Waals surface area contributed by atoms with Crippen LogP contribution in [-0.4, -0.2) is 0 Å². The fourth-order valence-corrected chi connectivity index (χ4v) is 12.8. The molecule has 4 bridgehead atoms. The van der Waals surface area contributed by atoms with E-state index in [2.05, 4.69) is 164 Å². The van der Waals surface area contributed by atoms with Crippen molar-refractivity contribution in [3.8, 4) is 11.1 Å². The van der Waals surface area contributed by atoms with Gasteiger partial charge in [-0.2, -0.15) is 0 Å². The number of furan rings is 1. The highest BCUT2D eigenvalue weighted by Crippen LogP contribution is 2.70. The second-order valence-electron chi connectivity index (χ2n) is 18.2. The summed E-state index contributed by atoms with van der Waals surface area (Å²) in [7, 11) is 0. The maximum Gasteiger partial charge on any atom is 0.135 e. The van der Waals surface area contributed by atoms with Crippen molar-refractivity contribution >= 4 is 44.6 Å². The Morgan fingerprint density at radius 3 is 2.14 bits per heavy atom. The van der Waals surface area contributed by atoms with E-state index in [1.165, 1.54) is 82.4 Å². The molecule has 0 amide bonds. The summed E-state index contributed by atoms with van der Waals surface area (Å²) >= 11 is 0. The van der Waals surface area contributed by atoms with E-state index in [-0.39, 0.29) is 5.41 Å². The van der Waals surface area contributed by atoms with Crippen LogP contribution in [0.1, 0.15) is 80.2 Å². The van der Waals surface area contributed by atoms with E-state index in [0.29, 0.717) is 5.92 Å². The summed E-state index contributed by atoms with van der Waals surface area (Å²) < 4.78 is 6.36. The van der Waals surface area contributed by atoms with Crippen molar-refractivity contribution in [2.45, 2.75) is 64.2 Å². The molecular weight excluding hydrogens is 691 g/mol. The molecule has 1 spiro atoms. The Kier molecular flexibility index (Phi) is 7.47. The number of anilines is 3. The van der Waals surface area contributed by atoms with E-state index < -0.39 is 0 Å². The van der Waals surface area contributed by atoms with Crippen LogP contribution in [0, 0.1) is 29.6 Å². The van der Waals surface area contributed by atoms with Gasteiger partial charge in [0.1, 0.15) is 11.2 Å². The van der Waals surface area contributed by atoms with Gasteiger partial charge in [0.25, 0.3) is 0 Å². The van der Waals surface area contributed by atoms with Crippen molar-refractivity contribution < 1.29 is 4.42 Å². The molecule has 6 aliphatic carbocycles. The van der Waals surface area contributed by atoms with Gasteiger partial charge in [-0.05, 0) is 163 Å². The molecule has 1 heterocycles. The molecular formula is C55H49NO. The summed E-state index contributed by atoms with van der Waals surface area (Å²) in [6.45, 7) is 4.67. The molecule has 0 N–H and O–H groups in total. The van der Waals surface area contributed by atoms with Gasteiger partial charge in [0.15, 0.2) is 0 Å². The van der Waals surface area contributed by atoms with Crippen molar-refractivity contribution in [3.63, 3.8) is 0 Å². The first-order valence-electron chi connectivity index (χ1n) is 21.5. The van der Waals surface area contributed by atoms with E-state index in [0.717, 1.165) is 64.1 Å². The molecule has 1 aromatic heterocycles. The standard InChI is InChI=1S/C55H49NO/c1-34-11-9-16-44(35(34)2)45-13-4-3-12-39(45)28-36-21-23-42(24-22-36)56(43-25-26-53-48(33-43)46-14-6-8-20-52(46)57-53)51-19-10-18-50-54(51)47-15-5-7-17-49(47)55(50)40-29-37-27-38(31-40)32-41(55)30-37/h3-10,12-26,33-34,37-38,40-41H,11,27-32H2,1-2H3. The minimum atomic E-state index is 0.113. The number of nitrogens with zero attached hydrogens (tertiary/aromatic N) is 1. The zero-order valence-corrected chi connectivity index (χ0v) is 33.0. The van der Waals surface area contributed by atoms with Gasteiger partial charge in [0.05, 0.1) is 5.69 Å². The third kappa shape index (κ3) is 4.95. The summed E-state index contributed by atoms with van der Waals surface area (Å²) in [6, 6.07) is 50.5. The van der Waals surface area contributed by atoms with Crippen LogP contribution in [0.5, 0.6) is 0 Å². The summed E-state index contributed by atoms with van der Waals surface area (Å²) in [6.07, 6.45) is 13.7. The van der Waals surface area contributed by atoms with E-state index in [1.54, 1.807) is 11.1 Å². The SMILES string of the molecule is CC1=C(c2ccccc2Cc2ccc(N(c3ccc4oc5ccccc5c4c3)c3cccc4c3-c3ccccc3C43C4CC5CC(C4)CC3C5)cc2)C=CCC1C. The molecule has 0 radical (unpaired) electrons. The molecule has 280 valence electrons.